The van der Waals surface area contributed by atoms with E-state index in [2.05, 4.69) is 3.32 Å². The van der Waals surface area contributed by atoms with Gasteiger partial charge in [-0.15, -0.1) is 0 Å². The van der Waals surface area contributed by atoms with Crippen LogP contribution in [0.4, 0.5) is 0 Å². The molecule has 1 atom stereocenters. The zero-order valence-corrected chi connectivity index (χ0v) is 6.76. The van der Waals surface area contributed by atoms with Gasteiger partial charge in [-0.2, -0.15) is 0 Å². The van der Waals surface area contributed by atoms with Crippen LogP contribution in [-0.4, -0.2) is 15.1 Å². The van der Waals surface area contributed by atoms with E-state index in [0.29, 0.717) is 6.42 Å². The first-order valence-corrected chi connectivity index (χ1v) is 4.71. The maximum absolute atomic E-state index is 9.95. The van der Waals surface area contributed by atoms with Crippen molar-refractivity contribution in [3.63, 3.8) is 0 Å². The van der Waals surface area contributed by atoms with Gasteiger partial charge in [-0.05, 0) is 0 Å². The molecule has 0 aliphatic rings. The van der Waals surface area contributed by atoms with Crippen LogP contribution in [0.3, 0.4) is 0 Å². The number of rotatable bonds is 4. The summed E-state index contributed by atoms with van der Waals surface area (Å²) < 4.78 is 22.3. The Kier molecular flexibility index (Phi) is 5.43. The van der Waals surface area contributed by atoms with Crippen molar-refractivity contribution < 1.29 is 34.1 Å². The molecule has 0 saturated carbocycles. The molecule has 0 bridgehead atoms. The van der Waals surface area contributed by atoms with Crippen molar-refractivity contribution >= 4 is 0 Å². The first-order valence-electron chi connectivity index (χ1n) is 2.74. The van der Waals surface area contributed by atoms with E-state index in [-0.39, 0.29) is 0 Å². The minimum absolute atomic E-state index is 0.416. The molecule has 0 spiro atoms. The summed E-state index contributed by atoms with van der Waals surface area (Å²) >= 11 is -3.49. The van der Waals surface area contributed by atoms with E-state index in [9.17, 15) is 3.32 Å². The molecular weight excluding hydrogens is 160 g/mol. The normalized spacial score (nSPS) is 13.2. The Bertz CT molecular complexity index is 94.6. The van der Waals surface area contributed by atoms with Gasteiger partial charge in [0.25, 0.3) is 0 Å². The Morgan fingerprint density at radius 2 is 2.33 bits per heavy atom. The topological polar surface area (TPSA) is 66.8 Å². The summed E-state index contributed by atoms with van der Waals surface area (Å²) in [7, 11) is 0. The van der Waals surface area contributed by atoms with Crippen LogP contribution in [0.15, 0.2) is 0 Å². The van der Waals surface area contributed by atoms with Crippen LogP contribution in [0.1, 0.15) is 19.8 Å². The molecule has 0 saturated heterocycles. The molecule has 0 radical (unpaired) electrons. The van der Waals surface area contributed by atoms with Crippen LogP contribution in [0.2, 0.25) is 0 Å². The summed E-state index contributed by atoms with van der Waals surface area (Å²) in [6.07, 6.45) is 0.110. The second-order valence-electron chi connectivity index (χ2n) is 1.63. The SMILES string of the molecule is CCCC(O)[O][Ti](=[O])[OH]. The summed E-state index contributed by atoms with van der Waals surface area (Å²) in [4.78, 5) is 0. The molecule has 0 aromatic heterocycles. The molecule has 0 amide bonds. The standard InChI is InChI=1S/C4H9O2.H2O.O.Ti/c1-2-3-4(5)6;;;/h4-5H,2-3H2,1H3;1H2;;/q-1;;;+2/p-1. The Balaban J connectivity index is 3.26. The zero-order chi connectivity index (χ0) is 7.28. The molecular formula is C4H10O4Ti. The first kappa shape index (κ1) is 9.39. The molecule has 1 unspecified atom stereocenters. The molecule has 0 aromatic carbocycles. The van der Waals surface area contributed by atoms with Crippen LogP contribution in [0, 0.1) is 0 Å². The molecule has 2 N–H and O–H groups in total. The van der Waals surface area contributed by atoms with Crippen molar-refractivity contribution in [1.82, 2.24) is 0 Å². The fourth-order valence-electron chi connectivity index (χ4n) is 0.422. The van der Waals surface area contributed by atoms with E-state index in [4.69, 9.17) is 8.79 Å². The van der Waals surface area contributed by atoms with E-state index in [1.54, 1.807) is 0 Å². The first-order chi connectivity index (χ1) is 4.16. The van der Waals surface area contributed by atoms with Gasteiger partial charge in [0, 0.05) is 0 Å². The third kappa shape index (κ3) is 6.28. The van der Waals surface area contributed by atoms with Gasteiger partial charge in [-0.1, -0.05) is 0 Å². The van der Waals surface area contributed by atoms with Gasteiger partial charge in [-0.25, -0.2) is 0 Å². The molecule has 0 rings (SSSR count). The van der Waals surface area contributed by atoms with Crippen molar-refractivity contribution in [3.05, 3.63) is 0 Å². The van der Waals surface area contributed by atoms with Gasteiger partial charge in [0.1, 0.15) is 0 Å². The van der Waals surface area contributed by atoms with Crippen LogP contribution >= 0.6 is 0 Å². The third-order valence-electron chi connectivity index (χ3n) is 0.772. The van der Waals surface area contributed by atoms with Crippen LogP contribution in [0.25, 0.3) is 0 Å². The number of aliphatic hydroxyl groups excluding tert-OH is 1. The van der Waals surface area contributed by atoms with Gasteiger partial charge in [0.05, 0.1) is 0 Å². The Morgan fingerprint density at radius 3 is 2.67 bits per heavy atom. The Morgan fingerprint density at radius 1 is 1.78 bits per heavy atom. The average molecular weight is 170 g/mol. The molecule has 0 heterocycles. The van der Waals surface area contributed by atoms with Crippen molar-refractivity contribution in [2.45, 2.75) is 26.1 Å². The van der Waals surface area contributed by atoms with Crippen molar-refractivity contribution in [3.8, 4) is 0 Å². The van der Waals surface area contributed by atoms with E-state index in [1.165, 1.54) is 0 Å². The van der Waals surface area contributed by atoms with E-state index in [0.717, 1.165) is 6.42 Å². The predicted octanol–water partition coefficient (Wildman–Crippen LogP) is -0.0925. The van der Waals surface area contributed by atoms with Crippen molar-refractivity contribution in [2.75, 3.05) is 0 Å². The average Bonchev–Trinajstić information content (AvgIpc) is 1.63. The van der Waals surface area contributed by atoms with Gasteiger partial charge < -0.3 is 0 Å². The molecule has 0 aromatic rings. The van der Waals surface area contributed by atoms with Crippen molar-refractivity contribution in [1.29, 1.82) is 0 Å². The molecule has 5 heteroatoms. The fraction of sp³-hybridized carbons (Fsp3) is 1.00. The third-order valence-corrected chi connectivity index (χ3v) is 1.51. The van der Waals surface area contributed by atoms with Gasteiger partial charge in [-0.3, -0.25) is 0 Å². The Hall–Kier alpha value is 0.394. The van der Waals surface area contributed by atoms with Gasteiger partial charge in [0.15, 0.2) is 0 Å². The number of hydrogen-bond acceptors (Lipinski definition) is 3. The molecule has 0 aliphatic carbocycles. The predicted molar refractivity (Wildman–Crippen MR) is 24.9 cm³/mol. The van der Waals surface area contributed by atoms with Crippen LogP contribution in [0.5, 0.6) is 0 Å². The summed E-state index contributed by atoms with van der Waals surface area (Å²) in [6, 6.07) is 0. The molecule has 54 valence electrons. The molecule has 4 nitrogen and oxygen atoms in total. The molecule has 0 fully saturated rings. The number of hydrogen-bond donors (Lipinski definition) is 2. The van der Waals surface area contributed by atoms with E-state index >= 15 is 0 Å². The summed E-state index contributed by atoms with van der Waals surface area (Å²) in [5, 5.41) is 8.68. The molecule has 0 aliphatic heterocycles. The second-order valence-corrected chi connectivity index (χ2v) is 2.83. The van der Waals surface area contributed by atoms with E-state index < -0.39 is 24.9 Å². The van der Waals surface area contributed by atoms with Crippen LogP contribution < -0.4 is 0 Å². The number of aliphatic hydroxyl groups is 1. The minimum atomic E-state index is -3.49. The molecule has 9 heavy (non-hydrogen) atoms. The van der Waals surface area contributed by atoms with E-state index in [1.807, 2.05) is 6.92 Å². The Labute approximate surface area is 60.6 Å². The summed E-state index contributed by atoms with van der Waals surface area (Å²) in [6.45, 7) is 1.86. The van der Waals surface area contributed by atoms with Gasteiger partial charge >= 0.3 is 60.1 Å². The maximum atomic E-state index is 9.95. The second kappa shape index (κ2) is 5.20. The van der Waals surface area contributed by atoms with Crippen LogP contribution in [-0.2, 0) is 25.3 Å². The van der Waals surface area contributed by atoms with Gasteiger partial charge in [0.2, 0.25) is 0 Å². The fourth-order valence-corrected chi connectivity index (χ4v) is 0.970. The quantitative estimate of drug-likeness (QED) is 0.456. The summed E-state index contributed by atoms with van der Waals surface area (Å²) in [5.41, 5.74) is 0. The zero-order valence-electron chi connectivity index (χ0n) is 5.20. The summed E-state index contributed by atoms with van der Waals surface area (Å²) in [5.74, 6) is 0. The monoisotopic (exact) mass is 170 g/mol. The van der Waals surface area contributed by atoms with Crippen molar-refractivity contribution in [2.24, 2.45) is 0 Å².